The predicted molar refractivity (Wildman–Crippen MR) is 64.5 cm³/mol. The summed E-state index contributed by atoms with van der Waals surface area (Å²) in [4.78, 5) is 0. The average Bonchev–Trinajstić information content (AvgIpc) is 2.78. The Labute approximate surface area is 101 Å². The second-order valence-corrected chi connectivity index (χ2v) is 5.18. The Morgan fingerprint density at radius 3 is 2.76 bits per heavy atom. The highest BCUT2D eigenvalue weighted by atomic mass is 32.2. The van der Waals surface area contributed by atoms with Crippen LogP contribution >= 0.6 is 0 Å². The van der Waals surface area contributed by atoms with Gasteiger partial charge in [-0.3, -0.25) is 0 Å². The van der Waals surface area contributed by atoms with Crippen LogP contribution in [-0.4, -0.2) is 15.0 Å². The summed E-state index contributed by atoms with van der Waals surface area (Å²) in [6.45, 7) is 0.528. The number of rotatable bonds is 7. The Morgan fingerprint density at radius 2 is 2.18 bits per heavy atom. The van der Waals surface area contributed by atoms with Crippen LogP contribution in [-0.2, 0) is 16.6 Å². The quantitative estimate of drug-likeness (QED) is 0.558. The number of hydrogen-bond donors (Lipinski definition) is 2. The Hall–Kier alpha value is -1.29. The first-order valence-electron chi connectivity index (χ1n) is 5.32. The molecule has 0 spiro atoms. The third-order valence-electron chi connectivity index (χ3n) is 2.14. The van der Waals surface area contributed by atoms with Gasteiger partial charge in [0.1, 0.15) is 5.76 Å². The molecule has 0 amide bonds. The zero-order valence-electron chi connectivity index (χ0n) is 9.48. The van der Waals surface area contributed by atoms with Gasteiger partial charge in [0.2, 0.25) is 5.09 Å². The van der Waals surface area contributed by atoms with E-state index in [9.17, 15) is 8.42 Å². The molecule has 0 aliphatic carbocycles. The Balaban J connectivity index is 2.49. The molecule has 0 aromatic carbocycles. The van der Waals surface area contributed by atoms with Gasteiger partial charge in [-0.1, -0.05) is 0 Å². The average molecular weight is 256 g/mol. The molecule has 0 bridgehead atoms. The summed E-state index contributed by atoms with van der Waals surface area (Å²) in [6, 6.07) is 2.94. The van der Waals surface area contributed by atoms with Crippen LogP contribution in [0.1, 0.15) is 25.0 Å². The standard InChI is InChI=1S/C11H16N2O3S/c1-2-3-4-5-8-13-17(14,15)11-7-6-10(9-12)16-11/h1,6-7,13H,3-5,8-9,12H2. The molecular formula is C11H16N2O3S. The lowest BCUT2D eigenvalue weighted by molar-refractivity contribution is 0.412. The van der Waals surface area contributed by atoms with Crippen LogP contribution in [0.5, 0.6) is 0 Å². The highest BCUT2D eigenvalue weighted by molar-refractivity contribution is 7.89. The van der Waals surface area contributed by atoms with Gasteiger partial charge in [0.15, 0.2) is 0 Å². The van der Waals surface area contributed by atoms with Crippen LogP contribution in [0, 0.1) is 12.3 Å². The maximum absolute atomic E-state index is 11.7. The zero-order valence-corrected chi connectivity index (χ0v) is 10.3. The van der Waals surface area contributed by atoms with Crippen molar-refractivity contribution in [2.75, 3.05) is 6.54 Å². The topological polar surface area (TPSA) is 85.3 Å². The monoisotopic (exact) mass is 256 g/mol. The van der Waals surface area contributed by atoms with E-state index in [0.29, 0.717) is 25.1 Å². The minimum absolute atomic E-state index is 0.102. The van der Waals surface area contributed by atoms with Crippen LogP contribution in [0.15, 0.2) is 21.6 Å². The van der Waals surface area contributed by atoms with E-state index in [2.05, 4.69) is 10.6 Å². The van der Waals surface area contributed by atoms with Crippen LogP contribution in [0.4, 0.5) is 0 Å². The molecule has 0 aliphatic rings. The molecule has 1 rings (SSSR count). The molecule has 17 heavy (non-hydrogen) atoms. The van der Waals surface area contributed by atoms with Gasteiger partial charge < -0.3 is 10.2 Å². The van der Waals surface area contributed by atoms with Crippen molar-refractivity contribution in [3.8, 4) is 12.3 Å². The summed E-state index contributed by atoms with van der Waals surface area (Å²) in [5, 5.41) is -0.102. The van der Waals surface area contributed by atoms with E-state index < -0.39 is 10.0 Å². The van der Waals surface area contributed by atoms with E-state index >= 15 is 0 Å². The number of unbranched alkanes of at least 4 members (excludes halogenated alkanes) is 2. The van der Waals surface area contributed by atoms with Crippen molar-refractivity contribution in [3.05, 3.63) is 17.9 Å². The summed E-state index contributed by atoms with van der Waals surface area (Å²) < 4.78 is 30.9. The van der Waals surface area contributed by atoms with Gasteiger partial charge in [0.05, 0.1) is 6.54 Å². The van der Waals surface area contributed by atoms with Crippen molar-refractivity contribution < 1.29 is 12.8 Å². The molecule has 0 saturated carbocycles. The second kappa shape index (κ2) is 6.45. The van der Waals surface area contributed by atoms with Gasteiger partial charge in [-0.25, -0.2) is 13.1 Å². The SMILES string of the molecule is C#CCCCCNS(=O)(=O)c1ccc(CN)o1. The summed E-state index contributed by atoms with van der Waals surface area (Å²) in [5.41, 5.74) is 5.33. The largest absolute Gasteiger partial charge is 0.447 e. The van der Waals surface area contributed by atoms with Gasteiger partial charge in [0.25, 0.3) is 10.0 Å². The highest BCUT2D eigenvalue weighted by Gasteiger charge is 2.17. The van der Waals surface area contributed by atoms with Crippen LogP contribution in [0.25, 0.3) is 0 Å². The van der Waals surface area contributed by atoms with E-state index in [-0.39, 0.29) is 11.6 Å². The van der Waals surface area contributed by atoms with E-state index in [1.807, 2.05) is 0 Å². The van der Waals surface area contributed by atoms with Crippen LogP contribution in [0.2, 0.25) is 0 Å². The highest BCUT2D eigenvalue weighted by Crippen LogP contribution is 2.13. The van der Waals surface area contributed by atoms with Crippen molar-refractivity contribution in [1.29, 1.82) is 0 Å². The van der Waals surface area contributed by atoms with Crippen molar-refractivity contribution >= 4 is 10.0 Å². The third kappa shape index (κ3) is 4.23. The van der Waals surface area contributed by atoms with Gasteiger partial charge in [-0.05, 0) is 25.0 Å². The fourth-order valence-corrected chi connectivity index (χ4v) is 2.26. The molecule has 0 atom stereocenters. The molecule has 0 fully saturated rings. The Kier molecular flexibility index (Phi) is 5.22. The smallest absolute Gasteiger partial charge is 0.273 e. The van der Waals surface area contributed by atoms with Gasteiger partial charge in [0, 0.05) is 13.0 Å². The normalized spacial score (nSPS) is 11.3. The molecule has 5 nitrogen and oxygen atoms in total. The molecule has 6 heteroatoms. The summed E-state index contributed by atoms with van der Waals surface area (Å²) in [6.07, 6.45) is 7.24. The molecule has 3 N–H and O–H groups in total. The maximum Gasteiger partial charge on any atom is 0.273 e. The lowest BCUT2D eigenvalue weighted by Crippen LogP contribution is -2.24. The Bertz CT molecular complexity index is 485. The number of sulfonamides is 1. The number of nitrogens with one attached hydrogen (secondary N) is 1. The van der Waals surface area contributed by atoms with Gasteiger partial charge in [-0.2, -0.15) is 0 Å². The summed E-state index contributed by atoms with van der Waals surface area (Å²) in [5.74, 6) is 2.94. The molecule has 0 aliphatic heterocycles. The van der Waals surface area contributed by atoms with Crippen molar-refractivity contribution in [3.63, 3.8) is 0 Å². The molecule has 1 aromatic heterocycles. The molecule has 0 unspecified atom stereocenters. The van der Waals surface area contributed by atoms with E-state index in [1.165, 1.54) is 6.07 Å². The first kappa shape index (κ1) is 13.8. The third-order valence-corrected chi connectivity index (χ3v) is 3.48. The van der Waals surface area contributed by atoms with Gasteiger partial charge >= 0.3 is 0 Å². The lowest BCUT2D eigenvalue weighted by atomic mass is 10.2. The molecule has 0 radical (unpaired) electrons. The fraction of sp³-hybridized carbons (Fsp3) is 0.455. The molecule has 0 saturated heterocycles. The van der Waals surface area contributed by atoms with E-state index in [4.69, 9.17) is 16.6 Å². The van der Waals surface area contributed by atoms with Crippen LogP contribution in [0.3, 0.4) is 0 Å². The predicted octanol–water partition coefficient (Wildman–Crippen LogP) is 0.820. The number of furan rings is 1. The zero-order chi connectivity index (χ0) is 12.7. The summed E-state index contributed by atoms with van der Waals surface area (Å²) in [7, 11) is -3.56. The maximum atomic E-state index is 11.7. The van der Waals surface area contributed by atoms with Crippen molar-refractivity contribution in [2.24, 2.45) is 5.73 Å². The first-order chi connectivity index (χ1) is 8.10. The first-order valence-corrected chi connectivity index (χ1v) is 6.80. The van der Waals surface area contributed by atoms with Crippen LogP contribution < -0.4 is 10.5 Å². The molecular weight excluding hydrogens is 240 g/mol. The van der Waals surface area contributed by atoms with E-state index in [0.717, 1.165) is 6.42 Å². The number of terminal acetylenes is 1. The molecule has 1 heterocycles. The van der Waals surface area contributed by atoms with Crippen molar-refractivity contribution in [2.45, 2.75) is 30.9 Å². The molecule has 1 aromatic rings. The minimum atomic E-state index is -3.56. The molecule has 94 valence electrons. The van der Waals surface area contributed by atoms with Crippen molar-refractivity contribution in [1.82, 2.24) is 4.72 Å². The van der Waals surface area contributed by atoms with E-state index in [1.54, 1.807) is 6.07 Å². The second-order valence-electron chi connectivity index (χ2n) is 3.48. The Morgan fingerprint density at radius 1 is 1.41 bits per heavy atom. The lowest BCUT2D eigenvalue weighted by Gasteiger charge is -2.03. The van der Waals surface area contributed by atoms with Gasteiger partial charge in [-0.15, -0.1) is 12.3 Å². The minimum Gasteiger partial charge on any atom is -0.447 e. The number of hydrogen-bond acceptors (Lipinski definition) is 4. The number of nitrogens with two attached hydrogens (primary N) is 1. The fourth-order valence-electron chi connectivity index (χ4n) is 1.24. The summed E-state index contributed by atoms with van der Waals surface area (Å²) >= 11 is 0.